The Hall–Kier alpha value is -3.23. The molecule has 8 nitrogen and oxygen atoms in total. The van der Waals surface area contributed by atoms with E-state index in [1.165, 1.54) is 11.1 Å². The Morgan fingerprint density at radius 2 is 1.97 bits per heavy atom. The Labute approximate surface area is 181 Å². The SMILES string of the molecule is NCC(=O)N[C@H]1CN[C@H](C(=O)NCCc2nc3c(Cc4ccccc4)cccc3[nH]2)C1. The Kier molecular flexibility index (Phi) is 6.59. The van der Waals surface area contributed by atoms with Crippen LogP contribution in [0.15, 0.2) is 48.5 Å². The van der Waals surface area contributed by atoms with Crippen LogP contribution in [0.2, 0.25) is 0 Å². The maximum atomic E-state index is 12.4. The van der Waals surface area contributed by atoms with E-state index in [0.29, 0.717) is 25.9 Å². The Balaban J connectivity index is 1.31. The molecule has 8 heteroatoms. The third-order valence-electron chi connectivity index (χ3n) is 5.54. The molecule has 31 heavy (non-hydrogen) atoms. The van der Waals surface area contributed by atoms with Crippen molar-refractivity contribution >= 4 is 22.8 Å². The van der Waals surface area contributed by atoms with E-state index in [0.717, 1.165) is 23.3 Å². The maximum absolute atomic E-state index is 12.4. The normalized spacial score (nSPS) is 18.2. The third-order valence-corrected chi connectivity index (χ3v) is 5.54. The molecule has 1 aliphatic heterocycles. The summed E-state index contributed by atoms with van der Waals surface area (Å²) in [6.07, 6.45) is 2.00. The van der Waals surface area contributed by atoms with E-state index in [9.17, 15) is 9.59 Å². The summed E-state index contributed by atoms with van der Waals surface area (Å²) in [5.74, 6) is 0.582. The van der Waals surface area contributed by atoms with Crippen molar-refractivity contribution in [1.82, 2.24) is 25.9 Å². The van der Waals surface area contributed by atoms with Crippen molar-refractivity contribution in [2.45, 2.75) is 31.3 Å². The van der Waals surface area contributed by atoms with Crippen molar-refractivity contribution < 1.29 is 9.59 Å². The van der Waals surface area contributed by atoms with Crippen LogP contribution in [-0.2, 0) is 22.4 Å². The van der Waals surface area contributed by atoms with Gasteiger partial charge in [0.1, 0.15) is 5.82 Å². The van der Waals surface area contributed by atoms with Gasteiger partial charge in [-0.05, 0) is 30.0 Å². The molecule has 1 fully saturated rings. The number of H-pyrrole nitrogens is 1. The highest BCUT2D eigenvalue weighted by molar-refractivity contribution is 5.83. The molecule has 1 aromatic heterocycles. The second-order valence-electron chi connectivity index (χ2n) is 7.87. The third kappa shape index (κ3) is 5.28. The number of aromatic nitrogens is 2. The molecule has 162 valence electrons. The van der Waals surface area contributed by atoms with E-state index in [2.05, 4.69) is 39.1 Å². The topological polar surface area (TPSA) is 125 Å². The highest BCUT2D eigenvalue weighted by Gasteiger charge is 2.29. The molecule has 2 atom stereocenters. The first-order chi connectivity index (χ1) is 15.1. The summed E-state index contributed by atoms with van der Waals surface area (Å²) >= 11 is 0. The summed E-state index contributed by atoms with van der Waals surface area (Å²) < 4.78 is 0. The minimum atomic E-state index is -0.309. The minimum absolute atomic E-state index is 0.0437. The van der Waals surface area contributed by atoms with Crippen LogP contribution in [0.25, 0.3) is 11.0 Å². The number of hydrogen-bond acceptors (Lipinski definition) is 5. The number of hydrogen-bond donors (Lipinski definition) is 5. The smallest absolute Gasteiger partial charge is 0.237 e. The lowest BCUT2D eigenvalue weighted by molar-refractivity contribution is -0.123. The fourth-order valence-corrected chi connectivity index (χ4v) is 3.98. The number of para-hydroxylation sites is 1. The molecular weight excluding hydrogens is 392 g/mol. The van der Waals surface area contributed by atoms with Crippen LogP contribution in [-0.4, -0.2) is 53.5 Å². The van der Waals surface area contributed by atoms with Crippen LogP contribution in [0.1, 0.15) is 23.4 Å². The monoisotopic (exact) mass is 420 g/mol. The van der Waals surface area contributed by atoms with Crippen LogP contribution < -0.4 is 21.7 Å². The maximum Gasteiger partial charge on any atom is 0.237 e. The van der Waals surface area contributed by atoms with Crippen molar-refractivity contribution in [3.8, 4) is 0 Å². The van der Waals surface area contributed by atoms with Crippen LogP contribution >= 0.6 is 0 Å². The summed E-state index contributed by atoms with van der Waals surface area (Å²) in [5.41, 5.74) is 9.73. The lowest BCUT2D eigenvalue weighted by atomic mass is 10.0. The zero-order chi connectivity index (χ0) is 21.6. The number of nitrogens with two attached hydrogens (primary N) is 1. The number of rotatable bonds is 8. The van der Waals surface area contributed by atoms with E-state index in [-0.39, 0.29) is 30.4 Å². The van der Waals surface area contributed by atoms with Crippen molar-refractivity contribution in [3.63, 3.8) is 0 Å². The van der Waals surface area contributed by atoms with Gasteiger partial charge in [-0.3, -0.25) is 9.59 Å². The molecule has 1 aliphatic rings. The van der Waals surface area contributed by atoms with Crippen LogP contribution in [0.4, 0.5) is 0 Å². The fourth-order valence-electron chi connectivity index (χ4n) is 3.98. The molecule has 6 N–H and O–H groups in total. The quantitative estimate of drug-likeness (QED) is 0.365. The molecule has 0 saturated carbocycles. The van der Waals surface area contributed by atoms with Gasteiger partial charge in [0.25, 0.3) is 0 Å². The number of fused-ring (bicyclic) bond motifs is 1. The van der Waals surface area contributed by atoms with Gasteiger partial charge >= 0.3 is 0 Å². The van der Waals surface area contributed by atoms with Gasteiger partial charge in [0.15, 0.2) is 0 Å². The summed E-state index contributed by atoms with van der Waals surface area (Å²) in [5, 5.41) is 8.92. The van der Waals surface area contributed by atoms with Gasteiger partial charge in [0.2, 0.25) is 11.8 Å². The second kappa shape index (κ2) is 9.72. The number of nitrogens with one attached hydrogen (secondary N) is 4. The Morgan fingerprint density at radius 3 is 2.77 bits per heavy atom. The molecular formula is C23H28N6O2. The van der Waals surface area contributed by atoms with Crippen LogP contribution in [0, 0.1) is 0 Å². The van der Waals surface area contributed by atoms with Gasteiger partial charge in [-0.15, -0.1) is 0 Å². The fraction of sp³-hybridized carbons (Fsp3) is 0.348. The zero-order valence-electron chi connectivity index (χ0n) is 17.4. The van der Waals surface area contributed by atoms with E-state index in [1.54, 1.807) is 0 Å². The standard InChI is InChI=1S/C23H28N6O2/c24-13-21(30)27-17-12-19(26-14-17)23(31)25-10-9-20-28-18-8-4-7-16(22(18)29-20)11-15-5-2-1-3-6-15/h1-8,17,19,26H,9-14,24H2,(H,25,31)(H,27,30)(H,28,29)/t17-,19+/m1/s1. The molecule has 4 rings (SSSR count). The Morgan fingerprint density at radius 1 is 1.13 bits per heavy atom. The van der Waals surface area contributed by atoms with Gasteiger partial charge in [-0.1, -0.05) is 42.5 Å². The number of carbonyl (C=O) groups excluding carboxylic acids is 2. The van der Waals surface area contributed by atoms with Gasteiger partial charge in [0.05, 0.1) is 23.6 Å². The van der Waals surface area contributed by atoms with Crippen molar-refractivity contribution in [2.24, 2.45) is 5.73 Å². The number of aromatic amines is 1. The highest BCUT2D eigenvalue weighted by atomic mass is 16.2. The molecule has 0 aliphatic carbocycles. The first kappa shape index (κ1) is 21.0. The van der Waals surface area contributed by atoms with Gasteiger partial charge in [-0.2, -0.15) is 0 Å². The molecule has 2 aromatic carbocycles. The molecule has 0 unspecified atom stereocenters. The lowest BCUT2D eigenvalue weighted by Gasteiger charge is -2.12. The summed E-state index contributed by atoms with van der Waals surface area (Å²) in [7, 11) is 0. The molecule has 1 saturated heterocycles. The number of carbonyl (C=O) groups is 2. The summed E-state index contributed by atoms with van der Waals surface area (Å²) in [6, 6.07) is 16.1. The van der Waals surface area contributed by atoms with Crippen LogP contribution in [0.5, 0.6) is 0 Å². The second-order valence-corrected chi connectivity index (χ2v) is 7.87. The van der Waals surface area contributed by atoms with Crippen molar-refractivity contribution in [3.05, 3.63) is 65.5 Å². The summed E-state index contributed by atoms with van der Waals surface area (Å²) in [6.45, 7) is 1.01. The number of amides is 2. The average Bonchev–Trinajstić information content (AvgIpc) is 3.42. The number of nitrogens with zero attached hydrogens (tertiary/aromatic N) is 1. The summed E-state index contributed by atoms with van der Waals surface area (Å²) in [4.78, 5) is 32.0. The Bertz CT molecular complexity index is 1050. The molecule has 0 spiro atoms. The van der Waals surface area contributed by atoms with Gasteiger partial charge in [-0.25, -0.2) is 4.98 Å². The van der Waals surface area contributed by atoms with E-state index in [1.807, 2.05) is 30.3 Å². The first-order valence-electron chi connectivity index (χ1n) is 10.6. The molecule has 0 bridgehead atoms. The van der Waals surface area contributed by atoms with Gasteiger partial charge < -0.3 is 26.7 Å². The van der Waals surface area contributed by atoms with Crippen molar-refractivity contribution in [2.75, 3.05) is 19.6 Å². The molecule has 2 amide bonds. The van der Waals surface area contributed by atoms with Crippen LogP contribution in [0.3, 0.4) is 0 Å². The van der Waals surface area contributed by atoms with E-state index >= 15 is 0 Å². The lowest BCUT2D eigenvalue weighted by Crippen LogP contribution is -2.41. The largest absolute Gasteiger partial charge is 0.354 e. The molecule has 0 radical (unpaired) electrons. The molecule has 2 heterocycles. The number of benzene rings is 2. The average molecular weight is 421 g/mol. The first-order valence-corrected chi connectivity index (χ1v) is 10.6. The predicted octanol–water partition coefficient (Wildman–Crippen LogP) is 0.618. The van der Waals surface area contributed by atoms with Crippen molar-refractivity contribution in [1.29, 1.82) is 0 Å². The number of imidazole rings is 1. The van der Waals surface area contributed by atoms with E-state index in [4.69, 9.17) is 10.7 Å². The predicted molar refractivity (Wildman–Crippen MR) is 119 cm³/mol. The zero-order valence-corrected chi connectivity index (χ0v) is 17.4. The van der Waals surface area contributed by atoms with Gasteiger partial charge in [0, 0.05) is 25.6 Å². The van der Waals surface area contributed by atoms with E-state index < -0.39 is 0 Å². The molecule has 3 aromatic rings. The highest BCUT2D eigenvalue weighted by Crippen LogP contribution is 2.20. The minimum Gasteiger partial charge on any atom is -0.354 e.